The van der Waals surface area contributed by atoms with Crippen molar-refractivity contribution in [2.45, 2.75) is 13.3 Å². The average molecular weight is 359 g/mol. The van der Waals surface area contributed by atoms with Gasteiger partial charge in [0.15, 0.2) is 0 Å². The van der Waals surface area contributed by atoms with E-state index >= 15 is 0 Å². The van der Waals surface area contributed by atoms with Gasteiger partial charge in [-0.3, -0.25) is 4.79 Å². The Morgan fingerprint density at radius 1 is 1.15 bits per heavy atom. The maximum atomic E-state index is 12.8. The normalized spacial score (nSPS) is 12.6. The van der Waals surface area contributed by atoms with Crippen molar-refractivity contribution >= 4 is 23.1 Å². The van der Waals surface area contributed by atoms with Crippen LogP contribution in [-0.4, -0.2) is 24.0 Å². The molecular formula is C22H21N3O2. The van der Waals surface area contributed by atoms with Crippen molar-refractivity contribution in [2.75, 3.05) is 23.4 Å². The Balaban J connectivity index is 1.57. The van der Waals surface area contributed by atoms with Gasteiger partial charge in [-0.2, -0.15) is 0 Å². The number of nitrogens with one attached hydrogen (secondary N) is 1. The molecule has 5 nitrogen and oxygen atoms in total. The molecule has 1 aliphatic rings. The second-order valence-corrected chi connectivity index (χ2v) is 6.32. The first-order valence-corrected chi connectivity index (χ1v) is 9.11. The van der Waals surface area contributed by atoms with E-state index in [2.05, 4.69) is 33.4 Å². The number of carbonyl (C=O) groups excluding carboxylic acids is 1. The number of hydrogen-bond donors (Lipinski definition) is 1. The molecule has 136 valence electrons. The Labute approximate surface area is 158 Å². The van der Waals surface area contributed by atoms with Gasteiger partial charge in [0.05, 0.1) is 12.3 Å². The molecule has 0 saturated heterocycles. The van der Waals surface area contributed by atoms with E-state index in [0.717, 1.165) is 24.5 Å². The van der Waals surface area contributed by atoms with Crippen molar-refractivity contribution < 1.29 is 9.53 Å². The van der Waals surface area contributed by atoms with E-state index in [0.29, 0.717) is 23.6 Å². The number of ether oxygens (including phenoxy) is 1. The number of hydrogen-bond acceptors (Lipinski definition) is 4. The molecule has 0 spiro atoms. The summed E-state index contributed by atoms with van der Waals surface area (Å²) in [6, 6.07) is 19.3. The fraction of sp³-hybridized carbons (Fsp3) is 0.182. The summed E-state index contributed by atoms with van der Waals surface area (Å²) in [5.41, 5.74) is 3.69. The lowest BCUT2D eigenvalue weighted by molar-refractivity contribution is 0.102. The van der Waals surface area contributed by atoms with Gasteiger partial charge in [-0.1, -0.05) is 30.3 Å². The van der Waals surface area contributed by atoms with Crippen molar-refractivity contribution in [3.05, 3.63) is 78.0 Å². The predicted octanol–water partition coefficient (Wildman–Crippen LogP) is 4.43. The van der Waals surface area contributed by atoms with Crippen LogP contribution >= 0.6 is 0 Å². The highest BCUT2D eigenvalue weighted by Crippen LogP contribution is 2.33. The van der Waals surface area contributed by atoms with Crippen molar-refractivity contribution in [3.8, 4) is 5.75 Å². The Morgan fingerprint density at radius 2 is 1.96 bits per heavy atom. The van der Waals surface area contributed by atoms with E-state index < -0.39 is 0 Å². The van der Waals surface area contributed by atoms with E-state index in [-0.39, 0.29) is 5.91 Å². The molecule has 1 amide bonds. The summed E-state index contributed by atoms with van der Waals surface area (Å²) < 4.78 is 5.58. The highest BCUT2D eigenvalue weighted by molar-refractivity contribution is 6.05. The number of anilines is 3. The van der Waals surface area contributed by atoms with Crippen LogP contribution in [0.4, 0.5) is 17.2 Å². The largest absolute Gasteiger partial charge is 0.492 e. The van der Waals surface area contributed by atoms with Gasteiger partial charge in [-0.25, -0.2) is 4.98 Å². The van der Waals surface area contributed by atoms with Crippen molar-refractivity contribution in [2.24, 2.45) is 0 Å². The maximum absolute atomic E-state index is 12.8. The van der Waals surface area contributed by atoms with E-state index in [9.17, 15) is 4.79 Å². The van der Waals surface area contributed by atoms with E-state index in [1.165, 1.54) is 5.56 Å². The monoisotopic (exact) mass is 359 g/mol. The second kappa shape index (κ2) is 7.50. The number of para-hydroxylation sites is 3. The van der Waals surface area contributed by atoms with Crippen molar-refractivity contribution in [3.63, 3.8) is 0 Å². The molecular weight excluding hydrogens is 338 g/mol. The average Bonchev–Trinajstić information content (AvgIpc) is 3.14. The SMILES string of the molecule is CCOc1ccccc1NC(=O)c1ccnc(N2CCc3ccccc32)c1. The number of rotatable bonds is 5. The highest BCUT2D eigenvalue weighted by atomic mass is 16.5. The minimum atomic E-state index is -0.182. The zero-order valence-electron chi connectivity index (χ0n) is 15.2. The molecule has 0 unspecified atom stereocenters. The van der Waals surface area contributed by atoms with Crippen LogP contribution < -0.4 is 15.0 Å². The van der Waals surface area contributed by atoms with Gasteiger partial charge in [0, 0.05) is 24.0 Å². The fourth-order valence-electron chi connectivity index (χ4n) is 3.33. The van der Waals surface area contributed by atoms with Crippen molar-refractivity contribution in [1.82, 2.24) is 4.98 Å². The van der Waals surface area contributed by atoms with Crippen LogP contribution in [0, 0.1) is 0 Å². The molecule has 0 saturated carbocycles. The van der Waals surface area contributed by atoms with Gasteiger partial charge in [-0.05, 0) is 49.2 Å². The van der Waals surface area contributed by atoms with Gasteiger partial charge in [-0.15, -0.1) is 0 Å². The third-order valence-electron chi connectivity index (χ3n) is 4.61. The van der Waals surface area contributed by atoms with E-state index in [1.807, 2.05) is 43.3 Å². The zero-order chi connectivity index (χ0) is 18.6. The maximum Gasteiger partial charge on any atom is 0.255 e. The molecule has 0 fully saturated rings. The Morgan fingerprint density at radius 3 is 2.85 bits per heavy atom. The third-order valence-corrected chi connectivity index (χ3v) is 4.61. The number of nitrogens with zero attached hydrogens (tertiary/aromatic N) is 2. The van der Waals surface area contributed by atoms with Gasteiger partial charge in [0.1, 0.15) is 11.6 Å². The van der Waals surface area contributed by atoms with Gasteiger partial charge < -0.3 is 15.0 Å². The molecule has 1 N–H and O–H groups in total. The highest BCUT2D eigenvalue weighted by Gasteiger charge is 2.21. The molecule has 0 atom stereocenters. The molecule has 4 rings (SSSR count). The van der Waals surface area contributed by atoms with Crippen LogP contribution in [0.5, 0.6) is 5.75 Å². The lowest BCUT2D eigenvalue weighted by Gasteiger charge is -2.19. The molecule has 3 aromatic rings. The van der Waals surface area contributed by atoms with Crippen LogP contribution in [-0.2, 0) is 6.42 Å². The number of amides is 1. The fourth-order valence-corrected chi connectivity index (χ4v) is 3.33. The number of pyridine rings is 1. The molecule has 5 heteroatoms. The standard InChI is InChI=1S/C22H21N3O2/c1-2-27-20-10-6-4-8-18(20)24-22(26)17-11-13-23-21(15-17)25-14-12-16-7-3-5-9-19(16)25/h3-11,13,15H,2,12,14H2,1H3,(H,24,26). The van der Waals surface area contributed by atoms with Crippen LogP contribution in [0.25, 0.3) is 0 Å². The lowest BCUT2D eigenvalue weighted by Crippen LogP contribution is -2.17. The van der Waals surface area contributed by atoms with Crippen LogP contribution in [0.15, 0.2) is 66.9 Å². The van der Waals surface area contributed by atoms with Gasteiger partial charge in [0.2, 0.25) is 0 Å². The minimum absolute atomic E-state index is 0.182. The smallest absolute Gasteiger partial charge is 0.255 e. The summed E-state index contributed by atoms with van der Waals surface area (Å²) >= 11 is 0. The lowest BCUT2D eigenvalue weighted by atomic mass is 10.2. The summed E-state index contributed by atoms with van der Waals surface area (Å²) in [5.74, 6) is 1.26. The molecule has 0 aliphatic carbocycles. The third kappa shape index (κ3) is 3.49. The summed E-state index contributed by atoms with van der Waals surface area (Å²) in [4.78, 5) is 19.4. The number of fused-ring (bicyclic) bond motifs is 1. The minimum Gasteiger partial charge on any atom is -0.492 e. The zero-order valence-corrected chi connectivity index (χ0v) is 15.2. The summed E-state index contributed by atoms with van der Waals surface area (Å²) in [5, 5.41) is 2.94. The molecule has 1 aliphatic heterocycles. The van der Waals surface area contributed by atoms with Crippen molar-refractivity contribution in [1.29, 1.82) is 0 Å². The number of carbonyl (C=O) groups is 1. The van der Waals surface area contributed by atoms with Gasteiger partial charge in [0.25, 0.3) is 5.91 Å². The van der Waals surface area contributed by atoms with Gasteiger partial charge >= 0.3 is 0 Å². The molecule has 0 bridgehead atoms. The first-order chi connectivity index (χ1) is 13.3. The Kier molecular flexibility index (Phi) is 4.75. The molecule has 27 heavy (non-hydrogen) atoms. The summed E-state index contributed by atoms with van der Waals surface area (Å²) in [6.07, 6.45) is 2.66. The predicted molar refractivity (Wildman–Crippen MR) is 107 cm³/mol. The Bertz CT molecular complexity index is 971. The second-order valence-electron chi connectivity index (χ2n) is 6.32. The molecule has 2 aromatic carbocycles. The molecule has 2 heterocycles. The topological polar surface area (TPSA) is 54.5 Å². The summed E-state index contributed by atoms with van der Waals surface area (Å²) in [7, 11) is 0. The molecule has 1 aromatic heterocycles. The van der Waals surface area contributed by atoms with Crippen LogP contribution in [0.2, 0.25) is 0 Å². The molecule has 0 radical (unpaired) electrons. The van der Waals surface area contributed by atoms with Crippen LogP contribution in [0.3, 0.4) is 0 Å². The first-order valence-electron chi connectivity index (χ1n) is 9.11. The van der Waals surface area contributed by atoms with E-state index in [1.54, 1.807) is 12.3 Å². The number of aromatic nitrogens is 1. The Hall–Kier alpha value is -3.34. The van der Waals surface area contributed by atoms with E-state index in [4.69, 9.17) is 4.74 Å². The van der Waals surface area contributed by atoms with Crippen LogP contribution in [0.1, 0.15) is 22.8 Å². The quantitative estimate of drug-likeness (QED) is 0.732. The number of benzene rings is 2. The summed E-state index contributed by atoms with van der Waals surface area (Å²) in [6.45, 7) is 3.33. The first kappa shape index (κ1) is 17.1.